The van der Waals surface area contributed by atoms with E-state index < -0.39 is 34.4 Å². The number of anilines is 1. The van der Waals surface area contributed by atoms with Gasteiger partial charge < -0.3 is 24.4 Å². The molecule has 0 bridgehead atoms. The van der Waals surface area contributed by atoms with Crippen molar-refractivity contribution in [2.24, 2.45) is 0 Å². The Kier molecular flexibility index (Phi) is 11.3. The minimum atomic E-state index is -4.44. The van der Waals surface area contributed by atoms with Crippen molar-refractivity contribution >= 4 is 50.7 Å². The number of likely N-dealkylation sites (N-methyl/N-ethyl adjacent to an activating group) is 1. The van der Waals surface area contributed by atoms with Gasteiger partial charge >= 0.3 is 0 Å². The molecule has 2 amide bonds. The number of carbonyl (C=O) groups is 2. The summed E-state index contributed by atoms with van der Waals surface area (Å²) in [6, 6.07) is 14.4. The predicted molar refractivity (Wildman–Crippen MR) is 162 cm³/mol. The van der Waals surface area contributed by atoms with Crippen LogP contribution in [0.25, 0.3) is 0 Å². The molecule has 226 valence electrons. The molecule has 0 aliphatic carbocycles. The zero-order valence-corrected chi connectivity index (χ0v) is 26.2. The maximum atomic E-state index is 14.2. The first kappa shape index (κ1) is 32.8. The summed E-state index contributed by atoms with van der Waals surface area (Å²) in [7, 11) is -0.262. The molecule has 10 nitrogen and oxygen atoms in total. The number of amides is 2. The van der Waals surface area contributed by atoms with Gasteiger partial charge in [0.15, 0.2) is 11.5 Å². The van der Waals surface area contributed by atoms with Gasteiger partial charge in [-0.05, 0) is 55.8 Å². The molecule has 3 aromatic rings. The van der Waals surface area contributed by atoms with E-state index in [1.165, 1.54) is 62.6 Å². The van der Waals surface area contributed by atoms with Gasteiger partial charge in [-0.3, -0.25) is 13.9 Å². The topological polar surface area (TPSA) is 114 Å². The molecule has 0 spiro atoms. The van der Waals surface area contributed by atoms with Crippen LogP contribution in [0.2, 0.25) is 10.0 Å². The van der Waals surface area contributed by atoms with Gasteiger partial charge in [0, 0.05) is 29.2 Å². The lowest BCUT2D eigenvalue weighted by atomic mass is 10.1. The third-order valence-electron chi connectivity index (χ3n) is 6.45. The van der Waals surface area contributed by atoms with Crippen LogP contribution in [-0.2, 0) is 26.2 Å². The van der Waals surface area contributed by atoms with E-state index in [1.54, 1.807) is 38.1 Å². The van der Waals surface area contributed by atoms with E-state index in [9.17, 15) is 18.0 Å². The Morgan fingerprint density at radius 1 is 0.905 bits per heavy atom. The van der Waals surface area contributed by atoms with Crippen LogP contribution in [-0.4, -0.2) is 65.6 Å². The van der Waals surface area contributed by atoms with Crippen molar-refractivity contribution in [2.45, 2.75) is 31.3 Å². The summed E-state index contributed by atoms with van der Waals surface area (Å²) in [6.07, 6.45) is 0. The fourth-order valence-corrected chi connectivity index (χ4v) is 5.98. The molecule has 13 heteroatoms. The smallest absolute Gasteiger partial charge is 0.265 e. The second-order valence-corrected chi connectivity index (χ2v) is 11.7. The van der Waals surface area contributed by atoms with Crippen LogP contribution in [0, 0.1) is 0 Å². The third-order valence-corrected chi connectivity index (χ3v) is 8.81. The first-order valence-electron chi connectivity index (χ1n) is 12.9. The average Bonchev–Trinajstić information content (AvgIpc) is 2.98. The van der Waals surface area contributed by atoms with Crippen LogP contribution in [0.4, 0.5) is 5.69 Å². The minimum Gasteiger partial charge on any atom is -0.495 e. The van der Waals surface area contributed by atoms with Crippen molar-refractivity contribution in [3.63, 3.8) is 0 Å². The molecule has 1 N–H and O–H groups in total. The summed E-state index contributed by atoms with van der Waals surface area (Å²) in [5.74, 6) is -0.424. The molecule has 0 aliphatic heterocycles. The zero-order chi connectivity index (χ0) is 31.0. The van der Waals surface area contributed by atoms with Gasteiger partial charge in [0.05, 0.1) is 31.9 Å². The number of carbonyl (C=O) groups excluding carboxylic acids is 2. The number of sulfonamides is 1. The molecule has 3 rings (SSSR count). The van der Waals surface area contributed by atoms with E-state index >= 15 is 0 Å². The number of hydrogen-bond acceptors (Lipinski definition) is 7. The Morgan fingerprint density at radius 3 is 2.17 bits per heavy atom. The summed E-state index contributed by atoms with van der Waals surface area (Å²) >= 11 is 12.7. The maximum absolute atomic E-state index is 14.2. The Morgan fingerprint density at radius 2 is 1.55 bits per heavy atom. The van der Waals surface area contributed by atoms with Crippen molar-refractivity contribution in [1.29, 1.82) is 0 Å². The molecule has 0 saturated heterocycles. The fourth-order valence-electron chi connectivity index (χ4n) is 4.19. The van der Waals surface area contributed by atoms with E-state index in [0.29, 0.717) is 22.9 Å². The standard InChI is InChI=1S/C29H33Cl2N3O7S/c1-6-32-29(36)19(2)33(17-20-9-7-8-10-23(20)31)28(35)18-34(24-15-21(30)11-13-25(24)39-3)42(37,38)22-12-14-26(40-4)27(16-22)41-5/h7-16,19H,6,17-18H2,1-5H3,(H,32,36)/t19-/m1/s1. The van der Waals surface area contributed by atoms with Crippen LogP contribution in [0.5, 0.6) is 17.2 Å². The number of rotatable bonds is 13. The number of benzene rings is 3. The SMILES string of the molecule is CCNC(=O)[C@@H](C)N(Cc1ccccc1Cl)C(=O)CN(c1cc(Cl)ccc1OC)S(=O)(=O)c1ccc(OC)c(OC)c1. The van der Waals surface area contributed by atoms with Crippen LogP contribution < -0.4 is 23.8 Å². The molecule has 1 atom stereocenters. The lowest BCUT2D eigenvalue weighted by Crippen LogP contribution is -2.51. The number of hydrogen-bond donors (Lipinski definition) is 1. The van der Waals surface area contributed by atoms with Crippen LogP contribution >= 0.6 is 23.2 Å². The van der Waals surface area contributed by atoms with E-state index in [1.807, 2.05) is 0 Å². The van der Waals surface area contributed by atoms with Crippen molar-refractivity contribution in [1.82, 2.24) is 10.2 Å². The monoisotopic (exact) mass is 637 g/mol. The summed E-state index contributed by atoms with van der Waals surface area (Å²) in [5.41, 5.74) is 0.606. The highest BCUT2D eigenvalue weighted by molar-refractivity contribution is 7.92. The first-order chi connectivity index (χ1) is 20.0. The second-order valence-electron chi connectivity index (χ2n) is 9.03. The van der Waals surface area contributed by atoms with Crippen molar-refractivity contribution in [2.75, 3.05) is 38.7 Å². The lowest BCUT2D eigenvalue weighted by molar-refractivity contribution is -0.139. The number of ether oxygens (including phenoxy) is 3. The van der Waals surface area contributed by atoms with Crippen LogP contribution in [0.3, 0.4) is 0 Å². The van der Waals surface area contributed by atoms with Crippen molar-refractivity contribution in [3.8, 4) is 17.2 Å². The highest BCUT2D eigenvalue weighted by Crippen LogP contribution is 2.37. The molecular formula is C29H33Cl2N3O7S. The Hall–Kier alpha value is -3.67. The molecule has 0 fully saturated rings. The Balaban J connectivity index is 2.16. The van der Waals surface area contributed by atoms with Gasteiger partial charge in [-0.15, -0.1) is 0 Å². The van der Waals surface area contributed by atoms with Gasteiger partial charge in [-0.25, -0.2) is 8.42 Å². The largest absolute Gasteiger partial charge is 0.495 e. The van der Waals surface area contributed by atoms with Gasteiger partial charge in [0.25, 0.3) is 10.0 Å². The number of methoxy groups -OCH3 is 3. The molecule has 3 aromatic carbocycles. The molecule has 0 saturated carbocycles. The molecule has 0 aliphatic rings. The quantitative estimate of drug-likeness (QED) is 0.287. The summed E-state index contributed by atoms with van der Waals surface area (Å²) in [6.45, 7) is 2.92. The number of nitrogens with one attached hydrogen (secondary N) is 1. The molecule has 0 radical (unpaired) electrons. The molecule has 0 aromatic heterocycles. The molecule has 42 heavy (non-hydrogen) atoms. The van der Waals surface area contributed by atoms with Gasteiger partial charge in [-0.2, -0.15) is 0 Å². The number of nitrogens with zero attached hydrogens (tertiary/aromatic N) is 2. The maximum Gasteiger partial charge on any atom is 0.265 e. The summed E-state index contributed by atoms with van der Waals surface area (Å²) in [4.78, 5) is 28.0. The fraction of sp³-hybridized carbons (Fsp3) is 0.310. The third kappa shape index (κ3) is 7.39. The highest BCUT2D eigenvalue weighted by atomic mass is 35.5. The van der Waals surface area contributed by atoms with E-state index in [2.05, 4.69) is 5.32 Å². The van der Waals surface area contributed by atoms with Gasteiger partial charge in [0.1, 0.15) is 18.3 Å². The zero-order valence-electron chi connectivity index (χ0n) is 23.9. The van der Waals surface area contributed by atoms with Crippen molar-refractivity contribution in [3.05, 3.63) is 76.3 Å². The number of halogens is 2. The van der Waals surface area contributed by atoms with Gasteiger partial charge in [0.2, 0.25) is 11.8 Å². The minimum absolute atomic E-state index is 0.0245. The van der Waals surface area contributed by atoms with E-state index in [-0.39, 0.29) is 33.6 Å². The van der Waals surface area contributed by atoms with Crippen LogP contribution in [0.15, 0.2) is 65.6 Å². The predicted octanol–water partition coefficient (Wildman–Crippen LogP) is 4.77. The van der Waals surface area contributed by atoms with Crippen molar-refractivity contribution < 1.29 is 32.2 Å². The van der Waals surface area contributed by atoms with Crippen LogP contribution in [0.1, 0.15) is 19.4 Å². The highest BCUT2D eigenvalue weighted by Gasteiger charge is 2.34. The second kappa shape index (κ2) is 14.5. The normalized spacial score (nSPS) is 11.8. The summed E-state index contributed by atoms with van der Waals surface area (Å²) in [5, 5.41) is 3.32. The Labute approximate surface area is 256 Å². The lowest BCUT2D eigenvalue weighted by Gasteiger charge is -2.32. The molecule has 0 heterocycles. The summed E-state index contributed by atoms with van der Waals surface area (Å²) < 4.78 is 45.3. The molecular weight excluding hydrogens is 605 g/mol. The van der Waals surface area contributed by atoms with Gasteiger partial charge in [-0.1, -0.05) is 41.4 Å². The first-order valence-corrected chi connectivity index (χ1v) is 15.1. The molecule has 0 unspecified atom stereocenters. The van der Waals surface area contributed by atoms with E-state index in [0.717, 1.165) is 4.31 Å². The average molecular weight is 639 g/mol. The Bertz CT molecular complexity index is 1540. The van der Waals surface area contributed by atoms with E-state index in [4.69, 9.17) is 37.4 Å².